The van der Waals surface area contributed by atoms with Gasteiger partial charge in [0.2, 0.25) is 0 Å². The Morgan fingerprint density at radius 1 is 1.29 bits per heavy atom. The van der Waals surface area contributed by atoms with Crippen LogP contribution in [0.3, 0.4) is 0 Å². The molecule has 17 heavy (non-hydrogen) atoms. The summed E-state index contributed by atoms with van der Waals surface area (Å²) in [5, 5.41) is 0. The fraction of sp³-hybridized carbons (Fsp3) is 0.545. The molecular formula is C11H20N4O2. The Balaban J connectivity index is 2.71. The predicted molar refractivity (Wildman–Crippen MR) is 68.0 cm³/mol. The van der Waals surface area contributed by atoms with Gasteiger partial charge in [-0.15, -0.1) is 0 Å². The highest BCUT2D eigenvalue weighted by atomic mass is 16.5. The van der Waals surface area contributed by atoms with Gasteiger partial charge in [-0.25, -0.2) is 10.8 Å². The smallest absolute Gasteiger partial charge is 0.141 e. The second-order valence-corrected chi connectivity index (χ2v) is 3.52. The summed E-state index contributed by atoms with van der Waals surface area (Å²) in [4.78, 5) is 6.24. The number of anilines is 2. The number of aromatic nitrogens is 1. The first kappa shape index (κ1) is 13.7. The molecule has 0 unspecified atom stereocenters. The molecule has 0 bridgehead atoms. The lowest BCUT2D eigenvalue weighted by Crippen LogP contribution is -2.30. The minimum atomic E-state index is 0.641. The first-order valence-electron chi connectivity index (χ1n) is 5.47. The molecule has 0 atom stereocenters. The van der Waals surface area contributed by atoms with Crippen molar-refractivity contribution >= 4 is 11.5 Å². The van der Waals surface area contributed by atoms with E-state index in [-0.39, 0.29) is 0 Å². The van der Waals surface area contributed by atoms with E-state index in [1.165, 1.54) is 0 Å². The molecule has 0 aromatic carbocycles. The Hall–Kier alpha value is -1.37. The van der Waals surface area contributed by atoms with Crippen LogP contribution in [0.5, 0.6) is 0 Å². The van der Waals surface area contributed by atoms with Gasteiger partial charge < -0.3 is 19.8 Å². The zero-order chi connectivity index (χ0) is 12.5. The van der Waals surface area contributed by atoms with Crippen molar-refractivity contribution in [3.63, 3.8) is 0 Å². The van der Waals surface area contributed by atoms with Gasteiger partial charge in [-0.3, -0.25) is 0 Å². The lowest BCUT2D eigenvalue weighted by atomic mass is 10.3. The molecule has 0 aliphatic heterocycles. The lowest BCUT2D eigenvalue weighted by Gasteiger charge is -2.24. The summed E-state index contributed by atoms with van der Waals surface area (Å²) in [7, 11) is 3.38. The summed E-state index contributed by atoms with van der Waals surface area (Å²) in [6.45, 7) is 2.93. The fourth-order valence-corrected chi connectivity index (χ4v) is 1.47. The molecule has 96 valence electrons. The number of hydrazine groups is 1. The second kappa shape index (κ2) is 7.83. The number of ether oxygens (including phenoxy) is 2. The predicted octanol–water partition coefficient (Wildman–Crippen LogP) is 0.466. The molecule has 3 N–H and O–H groups in total. The van der Waals surface area contributed by atoms with Crippen LogP contribution in [0.2, 0.25) is 0 Å². The third kappa shape index (κ3) is 4.56. The first-order chi connectivity index (χ1) is 8.31. The number of pyridine rings is 1. The number of methoxy groups -OCH3 is 2. The van der Waals surface area contributed by atoms with Crippen LogP contribution in [0, 0.1) is 0 Å². The third-order valence-electron chi connectivity index (χ3n) is 2.39. The van der Waals surface area contributed by atoms with E-state index in [2.05, 4.69) is 15.3 Å². The first-order valence-corrected chi connectivity index (χ1v) is 5.47. The molecule has 1 aromatic heterocycles. The van der Waals surface area contributed by atoms with Crippen molar-refractivity contribution in [2.75, 3.05) is 50.8 Å². The molecule has 0 radical (unpaired) electrons. The zero-order valence-corrected chi connectivity index (χ0v) is 10.3. The van der Waals surface area contributed by atoms with Crippen LogP contribution in [0.25, 0.3) is 0 Å². The second-order valence-electron chi connectivity index (χ2n) is 3.52. The molecule has 1 aromatic rings. The van der Waals surface area contributed by atoms with Gasteiger partial charge in [0.25, 0.3) is 0 Å². The van der Waals surface area contributed by atoms with Crippen molar-refractivity contribution in [1.29, 1.82) is 0 Å². The van der Waals surface area contributed by atoms with Crippen molar-refractivity contribution in [3.8, 4) is 0 Å². The van der Waals surface area contributed by atoms with Crippen molar-refractivity contribution in [2.24, 2.45) is 5.84 Å². The molecule has 1 heterocycles. The minimum absolute atomic E-state index is 0.641. The van der Waals surface area contributed by atoms with E-state index in [4.69, 9.17) is 15.3 Å². The molecule has 6 nitrogen and oxygen atoms in total. The van der Waals surface area contributed by atoms with Crippen LogP contribution in [0.4, 0.5) is 11.5 Å². The molecule has 0 aliphatic rings. The van der Waals surface area contributed by atoms with E-state index in [0.29, 0.717) is 19.0 Å². The highest BCUT2D eigenvalue weighted by molar-refractivity contribution is 5.53. The van der Waals surface area contributed by atoms with E-state index in [9.17, 15) is 0 Å². The average molecular weight is 240 g/mol. The maximum absolute atomic E-state index is 5.34. The van der Waals surface area contributed by atoms with Gasteiger partial charge >= 0.3 is 0 Å². The zero-order valence-electron chi connectivity index (χ0n) is 10.3. The Morgan fingerprint density at radius 3 is 2.47 bits per heavy atom. The quantitative estimate of drug-likeness (QED) is 0.508. The molecule has 6 heteroatoms. The van der Waals surface area contributed by atoms with Crippen LogP contribution < -0.4 is 16.2 Å². The van der Waals surface area contributed by atoms with E-state index in [0.717, 1.165) is 18.8 Å². The summed E-state index contributed by atoms with van der Waals surface area (Å²) in [5.41, 5.74) is 3.58. The molecular weight excluding hydrogens is 220 g/mol. The molecule has 0 saturated carbocycles. The largest absolute Gasteiger partial charge is 0.383 e. The summed E-state index contributed by atoms with van der Waals surface area (Å²) in [5.74, 6) is 5.98. The van der Waals surface area contributed by atoms with E-state index < -0.39 is 0 Å². The lowest BCUT2D eigenvalue weighted by molar-refractivity contribution is 0.190. The van der Waals surface area contributed by atoms with Crippen LogP contribution in [-0.2, 0) is 9.47 Å². The Morgan fingerprint density at radius 2 is 1.94 bits per heavy atom. The molecule has 0 aliphatic carbocycles. The Labute approximate surface area is 102 Å². The van der Waals surface area contributed by atoms with E-state index >= 15 is 0 Å². The molecule has 0 spiro atoms. The van der Waals surface area contributed by atoms with Gasteiger partial charge in [-0.2, -0.15) is 0 Å². The molecule has 0 fully saturated rings. The Bertz CT molecular complexity index is 314. The van der Waals surface area contributed by atoms with Gasteiger partial charge in [0, 0.05) is 45.3 Å². The summed E-state index contributed by atoms with van der Waals surface area (Å²) < 4.78 is 10.2. The SMILES string of the molecule is COCCN(CCOC)c1ccnc(NN)c1. The van der Waals surface area contributed by atoms with Crippen LogP contribution in [0.1, 0.15) is 0 Å². The number of rotatable bonds is 8. The average Bonchev–Trinajstić information content (AvgIpc) is 2.39. The van der Waals surface area contributed by atoms with Gasteiger partial charge in [-0.05, 0) is 6.07 Å². The number of nitrogens with one attached hydrogen (secondary N) is 1. The Kier molecular flexibility index (Phi) is 6.31. The van der Waals surface area contributed by atoms with Gasteiger partial charge in [0.05, 0.1) is 13.2 Å². The number of nitrogens with two attached hydrogens (primary N) is 1. The topological polar surface area (TPSA) is 72.6 Å². The monoisotopic (exact) mass is 240 g/mol. The van der Waals surface area contributed by atoms with Gasteiger partial charge in [0.15, 0.2) is 0 Å². The highest BCUT2D eigenvalue weighted by Gasteiger charge is 2.06. The fourth-order valence-electron chi connectivity index (χ4n) is 1.47. The summed E-state index contributed by atoms with van der Waals surface area (Å²) >= 11 is 0. The maximum atomic E-state index is 5.34. The number of nitrogens with zero attached hydrogens (tertiary/aromatic N) is 2. The normalized spacial score (nSPS) is 10.3. The van der Waals surface area contributed by atoms with Gasteiger partial charge in [-0.1, -0.05) is 0 Å². The van der Waals surface area contributed by atoms with Crippen LogP contribution in [0.15, 0.2) is 18.3 Å². The standard InChI is InChI=1S/C11H20N4O2/c1-16-7-5-15(6-8-17-2)10-3-4-13-11(9-10)14-12/h3-4,9H,5-8,12H2,1-2H3,(H,13,14). The number of nitrogen functional groups attached to an aromatic ring is 1. The summed E-state index contributed by atoms with van der Waals surface area (Å²) in [6.07, 6.45) is 1.72. The number of hydrogen-bond acceptors (Lipinski definition) is 6. The van der Waals surface area contributed by atoms with E-state index in [1.54, 1.807) is 20.4 Å². The number of hydrogen-bond donors (Lipinski definition) is 2. The van der Waals surface area contributed by atoms with Crippen LogP contribution in [-0.4, -0.2) is 45.5 Å². The minimum Gasteiger partial charge on any atom is -0.383 e. The van der Waals surface area contributed by atoms with Crippen molar-refractivity contribution in [2.45, 2.75) is 0 Å². The maximum Gasteiger partial charge on any atom is 0.141 e. The molecule has 0 saturated heterocycles. The third-order valence-corrected chi connectivity index (χ3v) is 2.39. The summed E-state index contributed by atoms with van der Waals surface area (Å²) in [6, 6.07) is 3.83. The van der Waals surface area contributed by atoms with Gasteiger partial charge in [0.1, 0.15) is 5.82 Å². The van der Waals surface area contributed by atoms with E-state index in [1.807, 2.05) is 12.1 Å². The molecule has 0 amide bonds. The van der Waals surface area contributed by atoms with Crippen LogP contribution >= 0.6 is 0 Å². The molecule has 1 rings (SSSR count). The highest BCUT2D eigenvalue weighted by Crippen LogP contribution is 2.16. The van der Waals surface area contributed by atoms with Crippen molar-refractivity contribution in [1.82, 2.24) is 4.98 Å². The van der Waals surface area contributed by atoms with Crippen molar-refractivity contribution in [3.05, 3.63) is 18.3 Å². The van der Waals surface area contributed by atoms with Crippen molar-refractivity contribution < 1.29 is 9.47 Å².